The van der Waals surface area contributed by atoms with Gasteiger partial charge in [-0.05, 0) is 68.0 Å². The van der Waals surface area contributed by atoms with Crippen molar-refractivity contribution in [1.82, 2.24) is 0 Å². The number of ether oxygens (including phenoxy) is 2. The number of hydrogen-bond donors (Lipinski definition) is 2. The number of rotatable bonds is 6. The Bertz CT molecular complexity index is 783. The van der Waals surface area contributed by atoms with Gasteiger partial charge in [-0.25, -0.2) is 4.79 Å². The zero-order valence-corrected chi connectivity index (χ0v) is 15.0. The average Bonchev–Trinajstić information content (AvgIpc) is 2.57. The van der Waals surface area contributed by atoms with Gasteiger partial charge in [0.05, 0.1) is 17.9 Å². The van der Waals surface area contributed by atoms with Gasteiger partial charge < -0.3 is 20.1 Å². The van der Waals surface area contributed by atoms with Gasteiger partial charge in [0.25, 0.3) is 0 Å². The minimum Gasteiger partial charge on any atom is -0.462 e. The summed E-state index contributed by atoms with van der Waals surface area (Å²) in [6, 6.07) is 11.4. The number of alkyl halides is 2. The van der Waals surface area contributed by atoms with Gasteiger partial charge >= 0.3 is 12.6 Å². The lowest BCUT2D eigenvalue weighted by Gasteiger charge is -2.15. The van der Waals surface area contributed by atoms with Crippen LogP contribution in [0.4, 0.5) is 20.2 Å². The summed E-state index contributed by atoms with van der Waals surface area (Å²) < 4.78 is 34.5. The summed E-state index contributed by atoms with van der Waals surface area (Å²) in [4.78, 5) is 11.6. The predicted molar refractivity (Wildman–Crippen MR) is 100 cm³/mol. The number of esters is 1. The third kappa shape index (κ3) is 5.66. The monoisotopic (exact) mass is 380 g/mol. The number of carbonyl (C=O) groups is 1. The van der Waals surface area contributed by atoms with E-state index in [2.05, 4.69) is 15.4 Å². The molecule has 0 bridgehead atoms. The molecule has 8 heteroatoms. The fourth-order valence-corrected chi connectivity index (χ4v) is 2.34. The predicted octanol–water partition coefficient (Wildman–Crippen LogP) is 4.58. The largest absolute Gasteiger partial charge is 0.462 e. The minimum absolute atomic E-state index is 0.00168. The van der Waals surface area contributed by atoms with Crippen LogP contribution in [0.15, 0.2) is 42.5 Å². The number of nitrogens with one attached hydrogen (secondary N) is 2. The van der Waals surface area contributed by atoms with Gasteiger partial charge in [-0.1, -0.05) is 6.07 Å². The Kier molecular flexibility index (Phi) is 6.85. The van der Waals surface area contributed by atoms with Crippen molar-refractivity contribution in [2.24, 2.45) is 0 Å². The standard InChI is InChI=1S/C18H18F2N2O3S/c1-3-24-16(23)12-5-7-13(8-6-12)21-18(26)22-14-9-4-11(2)10-15(14)25-17(19)20/h4-10,17H,3H2,1-2H3,(H2,21,22,26). The Morgan fingerprint density at radius 1 is 1.15 bits per heavy atom. The van der Waals surface area contributed by atoms with Gasteiger partial charge in [0.2, 0.25) is 0 Å². The SMILES string of the molecule is CCOC(=O)c1ccc(NC(=S)Nc2ccc(C)cc2OC(F)F)cc1. The topological polar surface area (TPSA) is 59.6 Å². The van der Waals surface area contributed by atoms with Gasteiger partial charge in [0.15, 0.2) is 5.11 Å². The van der Waals surface area contributed by atoms with E-state index in [9.17, 15) is 13.6 Å². The molecule has 2 aromatic carbocycles. The van der Waals surface area contributed by atoms with Crippen molar-refractivity contribution in [1.29, 1.82) is 0 Å². The highest BCUT2D eigenvalue weighted by atomic mass is 32.1. The number of aryl methyl sites for hydroxylation is 1. The fourth-order valence-electron chi connectivity index (χ4n) is 2.12. The van der Waals surface area contributed by atoms with Crippen LogP contribution in [-0.2, 0) is 4.74 Å². The van der Waals surface area contributed by atoms with Gasteiger partial charge in [-0.3, -0.25) is 0 Å². The van der Waals surface area contributed by atoms with Crippen molar-refractivity contribution in [3.05, 3.63) is 53.6 Å². The van der Waals surface area contributed by atoms with E-state index in [1.165, 1.54) is 6.07 Å². The van der Waals surface area contributed by atoms with Crippen molar-refractivity contribution in [3.63, 3.8) is 0 Å². The van der Waals surface area contributed by atoms with Crippen molar-refractivity contribution in [2.75, 3.05) is 17.2 Å². The molecule has 0 atom stereocenters. The fraction of sp³-hybridized carbons (Fsp3) is 0.222. The summed E-state index contributed by atoms with van der Waals surface area (Å²) in [5.74, 6) is -0.407. The van der Waals surface area contributed by atoms with E-state index < -0.39 is 12.6 Å². The smallest absolute Gasteiger partial charge is 0.387 e. The van der Waals surface area contributed by atoms with Gasteiger partial charge in [0, 0.05) is 5.69 Å². The second-order valence-corrected chi connectivity index (χ2v) is 5.66. The summed E-state index contributed by atoms with van der Waals surface area (Å²) in [7, 11) is 0. The first-order chi connectivity index (χ1) is 12.4. The molecule has 26 heavy (non-hydrogen) atoms. The van der Waals surface area contributed by atoms with E-state index >= 15 is 0 Å². The van der Waals surface area contributed by atoms with E-state index in [0.29, 0.717) is 23.5 Å². The lowest BCUT2D eigenvalue weighted by Crippen LogP contribution is -2.20. The summed E-state index contributed by atoms with van der Waals surface area (Å²) in [5, 5.41) is 5.92. The van der Waals surface area contributed by atoms with E-state index in [1.807, 2.05) is 0 Å². The molecule has 0 aliphatic carbocycles. The molecule has 0 saturated heterocycles. The highest BCUT2D eigenvalue weighted by Gasteiger charge is 2.12. The molecule has 2 rings (SSSR count). The molecule has 0 aliphatic heterocycles. The molecule has 0 unspecified atom stereocenters. The average molecular weight is 380 g/mol. The molecule has 0 spiro atoms. The number of thiocarbonyl (C=S) groups is 1. The third-order valence-corrected chi connectivity index (χ3v) is 3.46. The second kappa shape index (κ2) is 9.10. The maximum Gasteiger partial charge on any atom is 0.387 e. The summed E-state index contributed by atoms with van der Waals surface area (Å²) >= 11 is 5.19. The molecular weight excluding hydrogens is 362 g/mol. The Hall–Kier alpha value is -2.74. The van der Waals surface area contributed by atoms with Crippen LogP contribution in [0.3, 0.4) is 0 Å². The Balaban J connectivity index is 2.04. The lowest BCUT2D eigenvalue weighted by molar-refractivity contribution is -0.0493. The van der Waals surface area contributed by atoms with Gasteiger partial charge in [-0.2, -0.15) is 8.78 Å². The molecule has 5 nitrogen and oxygen atoms in total. The van der Waals surface area contributed by atoms with E-state index in [1.54, 1.807) is 50.2 Å². The highest BCUT2D eigenvalue weighted by molar-refractivity contribution is 7.80. The van der Waals surface area contributed by atoms with E-state index in [4.69, 9.17) is 17.0 Å². The molecular formula is C18H18F2N2O3S. The number of anilines is 2. The number of halogens is 2. The van der Waals surface area contributed by atoms with Crippen LogP contribution in [0.1, 0.15) is 22.8 Å². The first kappa shape index (κ1) is 19.6. The van der Waals surface area contributed by atoms with Crippen LogP contribution in [-0.4, -0.2) is 24.3 Å². The molecule has 0 aromatic heterocycles. The van der Waals surface area contributed by atoms with Crippen molar-refractivity contribution < 1.29 is 23.0 Å². The normalized spacial score (nSPS) is 10.3. The Morgan fingerprint density at radius 2 is 1.85 bits per heavy atom. The van der Waals surface area contributed by atoms with E-state index in [-0.39, 0.29) is 10.9 Å². The summed E-state index contributed by atoms with van der Waals surface area (Å²) in [5.41, 5.74) is 2.14. The van der Waals surface area contributed by atoms with Crippen LogP contribution >= 0.6 is 12.2 Å². The molecule has 138 valence electrons. The van der Waals surface area contributed by atoms with Crippen molar-refractivity contribution >= 4 is 34.7 Å². The van der Waals surface area contributed by atoms with Crippen LogP contribution in [0.2, 0.25) is 0 Å². The number of benzene rings is 2. The minimum atomic E-state index is -2.94. The highest BCUT2D eigenvalue weighted by Crippen LogP contribution is 2.27. The summed E-state index contributed by atoms with van der Waals surface area (Å²) in [6.45, 7) is 0.861. The first-order valence-corrected chi connectivity index (χ1v) is 8.20. The van der Waals surface area contributed by atoms with Crippen LogP contribution in [0.25, 0.3) is 0 Å². The molecule has 2 aromatic rings. The molecule has 0 saturated carbocycles. The van der Waals surface area contributed by atoms with Crippen LogP contribution < -0.4 is 15.4 Å². The quantitative estimate of drug-likeness (QED) is 0.565. The maximum absolute atomic E-state index is 12.5. The molecule has 0 aliphatic rings. The Labute approximate surface area is 155 Å². The third-order valence-electron chi connectivity index (χ3n) is 3.26. The molecule has 0 amide bonds. The van der Waals surface area contributed by atoms with Crippen LogP contribution in [0.5, 0.6) is 5.75 Å². The van der Waals surface area contributed by atoms with E-state index in [0.717, 1.165) is 5.56 Å². The molecule has 0 radical (unpaired) electrons. The summed E-state index contributed by atoms with van der Waals surface area (Å²) in [6.07, 6.45) is 0. The molecule has 2 N–H and O–H groups in total. The van der Waals surface area contributed by atoms with Crippen LogP contribution in [0, 0.1) is 6.92 Å². The van der Waals surface area contributed by atoms with Crippen molar-refractivity contribution in [3.8, 4) is 5.75 Å². The first-order valence-electron chi connectivity index (χ1n) is 7.79. The molecule has 0 heterocycles. The van der Waals surface area contributed by atoms with Gasteiger partial charge in [0.1, 0.15) is 5.75 Å². The van der Waals surface area contributed by atoms with Crippen molar-refractivity contribution in [2.45, 2.75) is 20.5 Å². The maximum atomic E-state index is 12.5. The zero-order valence-electron chi connectivity index (χ0n) is 14.2. The zero-order chi connectivity index (χ0) is 19.1. The second-order valence-electron chi connectivity index (χ2n) is 5.26. The lowest BCUT2D eigenvalue weighted by atomic mass is 10.2. The number of hydrogen-bond acceptors (Lipinski definition) is 4. The Morgan fingerprint density at radius 3 is 2.46 bits per heavy atom. The molecule has 0 fully saturated rings. The van der Waals surface area contributed by atoms with Gasteiger partial charge in [-0.15, -0.1) is 0 Å². The number of carbonyl (C=O) groups excluding carboxylic acids is 1.